The van der Waals surface area contributed by atoms with Gasteiger partial charge in [0.2, 0.25) is 0 Å². The molecule has 2 rings (SSSR count). The van der Waals surface area contributed by atoms with Crippen LogP contribution in [0.1, 0.15) is 23.2 Å². The summed E-state index contributed by atoms with van der Waals surface area (Å²) >= 11 is 0. The largest absolute Gasteiger partial charge is 0.478 e. The molecule has 0 amide bonds. The molecule has 1 aliphatic rings. The van der Waals surface area contributed by atoms with Gasteiger partial charge >= 0.3 is 5.97 Å². The Bertz CT molecular complexity index is 442. The van der Waals surface area contributed by atoms with Crippen LogP contribution in [0.4, 0.5) is 11.5 Å². The fourth-order valence-electron chi connectivity index (χ4n) is 2.12. The Hall–Kier alpha value is -1.82. The minimum Gasteiger partial charge on any atom is -0.478 e. The first kappa shape index (κ1) is 12.6. The van der Waals surface area contributed by atoms with E-state index in [2.05, 4.69) is 22.2 Å². The van der Waals surface area contributed by atoms with Crippen LogP contribution in [0.3, 0.4) is 0 Å². The number of aromatic nitrogens is 1. The van der Waals surface area contributed by atoms with Crippen molar-refractivity contribution >= 4 is 17.5 Å². The number of nitrogen functional groups attached to an aromatic ring is 1. The Morgan fingerprint density at radius 3 is 2.83 bits per heavy atom. The lowest BCUT2D eigenvalue weighted by atomic mass is 10.1. The zero-order chi connectivity index (χ0) is 13.1. The van der Waals surface area contributed by atoms with Crippen molar-refractivity contribution in [1.29, 1.82) is 0 Å². The molecule has 1 saturated heterocycles. The fraction of sp³-hybridized carbons (Fsp3) is 0.500. The first-order chi connectivity index (χ1) is 8.58. The van der Waals surface area contributed by atoms with E-state index in [9.17, 15) is 4.79 Å². The SMILES string of the molecule is CN1CCC(Nc2nccc(C(=O)O)c2N)CC1. The lowest BCUT2D eigenvalue weighted by molar-refractivity contribution is 0.0698. The molecule has 0 spiro atoms. The van der Waals surface area contributed by atoms with Gasteiger partial charge < -0.3 is 21.1 Å². The Morgan fingerprint density at radius 1 is 1.56 bits per heavy atom. The van der Waals surface area contributed by atoms with Gasteiger partial charge in [-0.05, 0) is 39.0 Å². The minimum atomic E-state index is -1.03. The first-order valence-electron chi connectivity index (χ1n) is 6.01. The van der Waals surface area contributed by atoms with Crippen LogP contribution in [0.5, 0.6) is 0 Å². The Kier molecular flexibility index (Phi) is 3.66. The number of piperidine rings is 1. The number of carboxylic acids is 1. The summed E-state index contributed by atoms with van der Waals surface area (Å²) in [5.74, 6) is -0.550. The lowest BCUT2D eigenvalue weighted by Crippen LogP contribution is -2.37. The lowest BCUT2D eigenvalue weighted by Gasteiger charge is -2.30. The molecule has 0 bridgehead atoms. The molecule has 1 fully saturated rings. The van der Waals surface area contributed by atoms with Gasteiger partial charge in [0.1, 0.15) is 5.82 Å². The average molecular weight is 250 g/mol. The molecule has 0 saturated carbocycles. The van der Waals surface area contributed by atoms with E-state index in [0.29, 0.717) is 11.9 Å². The number of anilines is 2. The second kappa shape index (κ2) is 5.22. The monoisotopic (exact) mass is 250 g/mol. The number of nitrogens with two attached hydrogens (primary N) is 1. The van der Waals surface area contributed by atoms with Gasteiger partial charge in [-0.25, -0.2) is 9.78 Å². The van der Waals surface area contributed by atoms with Crippen LogP contribution in [0.25, 0.3) is 0 Å². The number of aromatic carboxylic acids is 1. The van der Waals surface area contributed by atoms with Crippen LogP contribution in [0.2, 0.25) is 0 Å². The third kappa shape index (κ3) is 2.70. The summed E-state index contributed by atoms with van der Waals surface area (Å²) in [5, 5.41) is 12.2. The predicted octanol–water partition coefficient (Wildman–Crippen LogP) is 0.868. The van der Waals surface area contributed by atoms with Crippen LogP contribution in [0, 0.1) is 0 Å². The van der Waals surface area contributed by atoms with Crippen molar-refractivity contribution in [2.45, 2.75) is 18.9 Å². The van der Waals surface area contributed by atoms with E-state index >= 15 is 0 Å². The highest BCUT2D eigenvalue weighted by Gasteiger charge is 2.19. The summed E-state index contributed by atoms with van der Waals surface area (Å²) in [6, 6.07) is 1.72. The van der Waals surface area contributed by atoms with Crippen molar-refractivity contribution in [3.63, 3.8) is 0 Å². The van der Waals surface area contributed by atoms with Gasteiger partial charge in [-0.2, -0.15) is 0 Å². The van der Waals surface area contributed by atoms with Gasteiger partial charge in [-0.1, -0.05) is 0 Å². The summed E-state index contributed by atoms with van der Waals surface area (Å²) in [6.07, 6.45) is 3.49. The number of nitrogens with one attached hydrogen (secondary N) is 1. The first-order valence-corrected chi connectivity index (χ1v) is 6.01. The number of hydrogen-bond donors (Lipinski definition) is 3. The number of rotatable bonds is 3. The smallest absolute Gasteiger partial charge is 0.337 e. The predicted molar refractivity (Wildman–Crippen MR) is 69.8 cm³/mol. The quantitative estimate of drug-likeness (QED) is 0.737. The maximum Gasteiger partial charge on any atom is 0.337 e. The molecular formula is C12H18N4O2. The molecule has 0 atom stereocenters. The van der Waals surface area contributed by atoms with E-state index in [0.717, 1.165) is 25.9 Å². The molecule has 0 unspecified atom stereocenters. The third-order valence-electron chi connectivity index (χ3n) is 3.28. The molecule has 2 heterocycles. The van der Waals surface area contributed by atoms with Crippen molar-refractivity contribution in [2.24, 2.45) is 0 Å². The standard InChI is InChI=1S/C12H18N4O2/c1-16-6-3-8(4-7-16)15-11-10(13)9(12(17)18)2-5-14-11/h2,5,8H,3-4,6-7,13H2,1H3,(H,14,15)(H,17,18). The van der Waals surface area contributed by atoms with Gasteiger partial charge in [0.15, 0.2) is 0 Å². The molecule has 0 aliphatic carbocycles. The number of hydrogen-bond acceptors (Lipinski definition) is 5. The molecule has 0 aromatic carbocycles. The molecule has 6 nitrogen and oxygen atoms in total. The van der Waals surface area contributed by atoms with E-state index in [-0.39, 0.29) is 11.3 Å². The fourth-order valence-corrected chi connectivity index (χ4v) is 2.12. The Labute approximate surface area is 106 Å². The molecule has 1 aromatic rings. The van der Waals surface area contributed by atoms with Gasteiger partial charge in [0.05, 0.1) is 11.3 Å². The Balaban J connectivity index is 2.10. The third-order valence-corrected chi connectivity index (χ3v) is 3.28. The average Bonchev–Trinajstić information content (AvgIpc) is 2.34. The summed E-state index contributed by atoms with van der Waals surface area (Å²) in [6.45, 7) is 2.05. The summed E-state index contributed by atoms with van der Waals surface area (Å²) in [5.41, 5.74) is 6.12. The molecule has 18 heavy (non-hydrogen) atoms. The van der Waals surface area contributed by atoms with Crippen molar-refractivity contribution in [3.05, 3.63) is 17.8 Å². The second-order valence-electron chi connectivity index (χ2n) is 4.65. The van der Waals surface area contributed by atoms with E-state index < -0.39 is 5.97 Å². The van der Waals surface area contributed by atoms with Crippen LogP contribution >= 0.6 is 0 Å². The van der Waals surface area contributed by atoms with Crippen molar-refractivity contribution in [3.8, 4) is 0 Å². The number of nitrogens with zero attached hydrogens (tertiary/aromatic N) is 2. The zero-order valence-electron chi connectivity index (χ0n) is 10.4. The van der Waals surface area contributed by atoms with Crippen molar-refractivity contribution in [2.75, 3.05) is 31.2 Å². The van der Waals surface area contributed by atoms with Crippen molar-refractivity contribution < 1.29 is 9.90 Å². The van der Waals surface area contributed by atoms with Gasteiger partial charge in [0.25, 0.3) is 0 Å². The Morgan fingerprint density at radius 2 is 2.22 bits per heavy atom. The summed E-state index contributed by atoms with van der Waals surface area (Å²) in [4.78, 5) is 17.4. The second-order valence-corrected chi connectivity index (χ2v) is 4.65. The van der Waals surface area contributed by atoms with Crippen LogP contribution in [0.15, 0.2) is 12.3 Å². The highest BCUT2D eigenvalue weighted by molar-refractivity contribution is 5.96. The topological polar surface area (TPSA) is 91.5 Å². The molecule has 0 radical (unpaired) electrons. The van der Waals surface area contributed by atoms with E-state index in [1.165, 1.54) is 12.3 Å². The minimum absolute atomic E-state index is 0.0976. The molecule has 1 aliphatic heterocycles. The highest BCUT2D eigenvalue weighted by Crippen LogP contribution is 2.22. The highest BCUT2D eigenvalue weighted by atomic mass is 16.4. The van der Waals surface area contributed by atoms with E-state index in [4.69, 9.17) is 10.8 Å². The van der Waals surface area contributed by atoms with E-state index in [1.54, 1.807) is 0 Å². The molecule has 6 heteroatoms. The summed E-state index contributed by atoms with van der Waals surface area (Å²) < 4.78 is 0. The number of carboxylic acid groups (broad SMARTS) is 1. The maximum absolute atomic E-state index is 11.0. The van der Waals surface area contributed by atoms with Crippen molar-refractivity contribution in [1.82, 2.24) is 9.88 Å². The zero-order valence-corrected chi connectivity index (χ0v) is 10.4. The number of pyridine rings is 1. The molecular weight excluding hydrogens is 232 g/mol. The summed E-state index contributed by atoms with van der Waals surface area (Å²) in [7, 11) is 2.09. The normalized spacial score (nSPS) is 17.6. The molecule has 1 aromatic heterocycles. The number of carbonyl (C=O) groups is 1. The molecule has 4 N–H and O–H groups in total. The van der Waals surface area contributed by atoms with Crippen LogP contribution in [-0.4, -0.2) is 47.1 Å². The van der Waals surface area contributed by atoms with E-state index in [1.807, 2.05) is 0 Å². The molecule has 98 valence electrons. The van der Waals surface area contributed by atoms with Gasteiger partial charge in [0, 0.05) is 12.2 Å². The van der Waals surface area contributed by atoms with Gasteiger partial charge in [-0.3, -0.25) is 0 Å². The van der Waals surface area contributed by atoms with Gasteiger partial charge in [-0.15, -0.1) is 0 Å². The maximum atomic E-state index is 11.0. The number of likely N-dealkylation sites (tertiary alicyclic amines) is 1. The van der Waals surface area contributed by atoms with Crippen LogP contribution < -0.4 is 11.1 Å². The van der Waals surface area contributed by atoms with Crippen LogP contribution in [-0.2, 0) is 0 Å².